The average Bonchev–Trinajstić information content (AvgIpc) is 2.95. The second-order valence-corrected chi connectivity index (χ2v) is 6.53. The van der Waals surface area contributed by atoms with Gasteiger partial charge in [0.15, 0.2) is 0 Å². The number of imide groups is 1. The standard InChI is InChI=1S/C16H16FN3O4/c1-16(2)7-13(21)20(15(16)24)11(14(22)23)6-12-18-9-4-3-8(17)5-10(9)19-12/h3-5,11H,6-7H2,1-2H3,(H,18,19)(H,22,23)/t11-/m1/s1. The Balaban J connectivity index is 1.93. The number of carboxylic acid groups (broad SMARTS) is 1. The molecule has 1 fully saturated rings. The number of amides is 2. The Hall–Kier alpha value is -2.77. The average molecular weight is 333 g/mol. The van der Waals surface area contributed by atoms with Gasteiger partial charge in [-0.15, -0.1) is 0 Å². The van der Waals surface area contributed by atoms with Crippen molar-refractivity contribution in [2.24, 2.45) is 5.41 Å². The van der Waals surface area contributed by atoms with Crippen molar-refractivity contribution in [3.8, 4) is 0 Å². The van der Waals surface area contributed by atoms with Crippen molar-refractivity contribution in [3.63, 3.8) is 0 Å². The van der Waals surface area contributed by atoms with Crippen molar-refractivity contribution < 1.29 is 23.9 Å². The van der Waals surface area contributed by atoms with Crippen molar-refractivity contribution >= 4 is 28.8 Å². The summed E-state index contributed by atoms with van der Waals surface area (Å²) >= 11 is 0. The molecule has 1 aliphatic heterocycles. The SMILES string of the molecule is CC1(C)CC(=O)N([C@H](Cc2nc3ccc(F)cc3[nH]2)C(=O)O)C1=O. The van der Waals surface area contributed by atoms with Crippen molar-refractivity contribution in [1.29, 1.82) is 0 Å². The van der Waals surface area contributed by atoms with E-state index in [2.05, 4.69) is 9.97 Å². The molecular formula is C16H16FN3O4. The van der Waals surface area contributed by atoms with Crippen LogP contribution >= 0.6 is 0 Å². The largest absolute Gasteiger partial charge is 0.480 e. The fourth-order valence-corrected chi connectivity index (χ4v) is 2.90. The highest BCUT2D eigenvalue weighted by molar-refractivity contribution is 6.08. The highest BCUT2D eigenvalue weighted by Crippen LogP contribution is 2.33. The Labute approximate surface area is 136 Å². The zero-order valence-corrected chi connectivity index (χ0v) is 13.2. The number of carbonyl (C=O) groups is 3. The molecule has 0 radical (unpaired) electrons. The lowest BCUT2D eigenvalue weighted by Gasteiger charge is -2.23. The molecule has 0 unspecified atom stereocenters. The maximum absolute atomic E-state index is 13.2. The van der Waals surface area contributed by atoms with Crippen molar-refractivity contribution in [2.45, 2.75) is 32.7 Å². The van der Waals surface area contributed by atoms with Gasteiger partial charge in [0, 0.05) is 12.8 Å². The van der Waals surface area contributed by atoms with E-state index in [-0.39, 0.29) is 18.7 Å². The van der Waals surface area contributed by atoms with Crippen LogP contribution in [0.3, 0.4) is 0 Å². The Kier molecular flexibility index (Phi) is 3.62. The minimum absolute atomic E-state index is 0.0268. The molecule has 126 valence electrons. The number of aromatic nitrogens is 2. The van der Waals surface area contributed by atoms with E-state index >= 15 is 0 Å². The van der Waals surface area contributed by atoms with Gasteiger partial charge in [-0.3, -0.25) is 14.5 Å². The summed E-state index contributed by atoms with van der Waals surface area (Å²) in [5.74, 6) is -2.49. The summed E-state index contributed by atoms with van der Waals surface area (Å²) in [5, 5.41) is 9.47. The van der Waals surface area contributed by atoms with E-state index in [4.69, 9.17) is 0 Å². The van der Waals surface area contributed by atoms with Gasteiger partial charge in [0.2, 0.25) is 11.8 Å². The van der Waals surface area contributed by atoms with Gasteiger partial charge >= 0.3 is 5.97 Å². The molecule has 0 bridgehead atoms. The first-order valence-electron chi connectivity index (χ1n) is 7.42. The van der Waals surface area contributed by atoms with Crippen molar-refractivity contribution in [3.05, 3.63) is 29.8 Å². The van der Waals surface area contributed by atoms with E-state index < -0.39 is 35.1 Å². The molecule has 2 N–H and O–H groups in total. The monoisotopic (exact) mass is 333 g/mol. The molecule has 2 aromatic rings. The minimum Gasteiger partial charge on any atom is -0.480 e. The number of nitrogens with zero attached hydrogens (tertiary/aromatic N) is 2. The van der Waals surface area contributed by atoms with E-state index in [9.17, 15) is 23.9 Å². The van der Waals surface area contributed by atoms with E-state index in [0.29, 0.717) is 11.0 Å². The third-order valence-corrected chi connectivity index (χ3v) is 4.14. The number of fused-ring (bicyclic) bond motifs is 1. The number of carboxylic acids is 1. The molecule has 1 atom stereocenters. The van der Waals surface area contributed by atoms with Crippen LogP contribution in [0, 0.1) is 11.2 Å². The number of H-pyrrole nitrogens is 1. The van der Waals surface area contributed by atoms with Crippen LogP contribution in [0.2, 0.25) is 0 Å². The maximum Gasteiger partial charge on any atom is 0.327 e. The van der Waals surface area contributed by atoms with Crippen LogP contribution in [-0.2, 0) is 20.8 Å². The van der Waals surface area contributed by atoms with Gasteiger partial charge in [0.25, 0.3) is 0 Å². The number of carbonyl (C=O) groups excluding carboxylic acids is 2. The molecule has 1 aliphatic rings. The van der Waals surface area contributed by atoms with E-state index in [0.717, 1.165) is 4.90 Å². The van der Waals surface area contributed by atoms with Gasteiger partial charge in [0.1, 0.15) is 17.7 Å². The molecule has 2 heterocycles. The quantitative estimate of drug-likeness (QED) is 0.825. The summed E-state index contributed by atoms with van der Waals surface area (Å²) in [7, 11) is 0. The zero-order chi connectivity index (χ0) is 17.6. The molecule has 0 saturated carbocycles. The fraction of sp³-hybridized carbons (Fsp3) is 0.375. The molecule has 3 rings (SSSR count). The van der Waals surface area contributed by atoms with E-state index in [1.54, 1.807) is 13.8 Å². The number of rotatable bonds is 4. The number of benzene rings is 1. The number of likely N-dealkylation sites (tertiary alicyclic amines) is 1. The lowest BCUT2D eigenvalue weighted by atomic mass is 9.92. The Morgan fingerprint density at radius 2 is 2.17 bits per heavy atom. The first-order valence-corrected chi connectivity index (χ1v) is 7.42. The van der Waals surface area contributed by atoms with Gasteiger partial charge in [-0.2, -0.15) is 0 Å². The number of hydrogen-bond donors (Lipinski definition) is 2. The van der Waals surface area contributed by atoms with Gasteiger partial charge in [-0.05, 0) is 18.2 Å². The molecule has 8 heteroatoms. The Morgan fingerprint density at radius 1 is 1.46 bits per heavy atom. The predicted molar refractivity (Wildman–Crippen MR) is 81.4 cm³/mol. The highest BCUT2D eigenvalue weighted by Gasteiger charge is 2.49. The summed E-state index contributed by atoms with van der Waals surface area (Å²) in [6, 6.07) is 2.61. The molecular weight excluding hydrogens is 317 g/mol. The number of aliphatic carboxylic acids is 1. The van der Waals surface area contributed by atoms with Crippen LogP contribution in [0.4, 0.5) is 4.39 Å². The van der Waals surface area contributed by atoms with Gasteiger partial charge < -0.3 is 10.1 Å². The Bertz CT molecular complexity index is 858. The zero-order valence-electron chi connectivity index (χ0n) is 13.2. The summed E-state index contributed by atoms with van der Waals surface area (Å²) in [5.41, 5.74) is -0.00888. The van der Waals surface area contributed by atoms with Crippen LogP contribution in [0.1, 0.15) is 26.1 Å². The molecule has 1 aromatic carbocycles. The maximum atomic E-state index is 13.2. The molecule has 7 nitrogen and oxygen atoms in total. The summed E-state index contributed by atoms with van der Waals surface area (Å²) in [4.78, 5) is 43.9. The summed E-state index contributed by atoms with van der Waals surface area (Å²) in [6.45, 7) is 3.21. The van der Waals surface area contributed by atoms with Gasteiger partial charge in [-0.25, -0.2) is 14.2 Å². The lowest BCUT2D eigenvalue weighted by Crippen LogP contribution is -2.47. The first kappa shape index (κ1) is 16.1. The van der Waals surface area contributed by atoms with E-state index in [1.807, 2.05) is 0 Å². The molecule has 2 amide bonds. The van der Waals surface area contributed by atoms with Crippen LogP contribution in [0.15, 0.2) is 18.2 Å². The molecule has 0 aliphatic carbocycles. The molecule has 24 heavy (non-hydrogen) atoms. The second-order valence-electron chi connectivity index (χ2n) is 6.53. The van der Waals surface area contributed by atoms with Crippen LogP contribution < -0.4 is 0 Å². The number of nitrogens with one attached hydrogen (secondary N) is 1. The normalized spacial score (nSPS) is 18.4. The minimum atomic E-state index is -1.35. The van der Waals surface area contributed by atoms with E-state index in [1.165, 1.54) is 18.2 Å². The van der Waals surface area contributed by atoms with Crippen LogP contribution in [-0.4, -0.2) is 43.8 Å². The number of hydrogen-bond acceptors (Lipinski definition) is 4. The molecule has 0 spiro atoms. The summed E-state index contributed by atoms with van der Waals surface area (Å²) < 4.78 is 13.2. The number of halogens is 1. The second kappa shape index (κ2) is 5.40. The molecule has 1 aromatic heterocycles. The van der Waals surface area contributed by atoms with Crippen molar-refractivity contribution in [2.75, 3.05) is 0 Å². The van der Waals surface area contributed by atoms with Crippen LogP contribution in [0.5, 0.6) is 0 Å². The van der Waals surface area contributed by atoms with Crippen LogP contribution in [0.25, 0.3) is 11.0 Å². The molecule has 1 saturated heterocycles. The number of aromatic amines is 1. The smallest absolute Gasteiger partial charge is 0.327 e. The number of imidazole rings is 1. The highest BCUT2D eigenvalue weighted by atomic mass is 19.1. The fourth-order valence-electron chi connectivity index (χ4n) is 2.90. The van der Waals surface area contributed by atoms with Gasteiger partial charge in [-0.1, -0.05) is 13.8 Å². The lowest BCUT2D eigenvalue weighted by molar-refractivity contribution is -0.155. The first-order chi connectivity index (χ1) is 11.2. The Morgan fingerprint density at radius 3 is 2.75 bits per heavy atom. The topological polar surface area (TPSA) is 103 Å². The third-order valence-electron chi connectivity index (χ3n) is 4.14. The van der Waals surface area contributed by atoms with Gasteiger partial charge in [0.05, 0.1) is 16.4 Å². The predicted octanol–water partition coefficient (Wildman–Crippen LogP) is 1.48. The summed E-state index contributed by atoms with van der Waals surface area (Å²) in [6.07, 6.45) is -0.194. The third kappa shape index (κ3) is 2.64. The van der Waals surface area contributed by atoms with Crippen molar-refractivity contribution in [1.82, 2.24) is 14.9 Å².